The molecular formula is C21H23N5O. The Bertz CT molecular complexity index is 964. The molecule has 1 aliphatic carbocycles. The number of aryl methyl sites for hydroxylation is 2. The minimum atomic E-state index is -0.00885. The number of carbonyl (C=O) groups excluding carboxylic acids is 1. The highest BCUT2D eigenvalue weighted by Crippen LogP contribution is 2.33. The van der Waals surface area contributed by atoms with Crippen molar-refractivity contribution in [2.24, 2.45) is 0 Å². The van der Waals surface area contributed by atoms with E-state index in [0.717, 1.165) is 30.4 Å². The molecule has 0 aliphatic heterocycles. The van der Waals surface area contributed by atoms with Crippen LogP contribution >= 0.6 is 0 Å². The molecule has 27 heavy (non-hydrogen) atoms. The Hall–Kier alpha value is -3.02. The van der Waals surface area contributed by atoms with E-state index >= 15 is 0 Å². The molecule has 0 fully saturated rings. The van der Waals surface area contributed by atoms with Crippen LogP contribution in [0.3, 0.4) is 0 Å². The van der Waals surface area contributed by atoms with E-state index in [1.807, 2.05) is 49.2 Å². The number of hydrogen-bond acceptors (Lipinski definition) is 4. The van der Waals surface area contributed by atoms with E-state index < -0.39 is 0 Å². The van der Waals surface area contributed by atoms with Crippen molar-refractivity contribution in [3.05, 3.63) is 65.2 Å². The fourth-order valence-electron chi connectivity index (χ4n) is 3.78. The molecule has 0 radical (unpaired) electrons. The lowest BCUT2D eigenvalue weighted by molar-refractivity contribution is -0.133. The largest absolute Gasteiger partial charge is 0.337 e. The highest BCUT2D eigenvalue weighted by atomic mass is 16.2. The van der Waals surface area contributed by atoms with Crippen LogP contribution in [0.1, 0.15) is 35.6 Å². The molecule has 4 rings (SSSR count). The van der Waals surface area contributed by atoms with Crippen molar-refractivity contribution in [2.75, 3.05) is 7.05 Å². The number of fused-ring (bicyclic) bond motifs is 1. The molecule has 1 aromatic heterocycles. The molecule has 2 aromatic carbocycles. The molecular weight excluding hydrogens is 338 g/mol. The van der Waals surface area contributed by atoms with Crippen LogP contribution in [-0.2, 0) is 17.8 Å². The molecule has 0 saturated carbocycles. The topological polar surface area (TPSA) is 63.9 Å². The van der Waals surface area contributed by atoms with Crippen molar-refractivity contribution in [3.8, 4) is 11.4 Å². The van der Waals surface area contributed by atoms with Crippen LogP contribution in [0.2, 0.25) is 0 Å². The predicted octanol–water partition coefficient (Wildman–Crippen LogP) is 3.18. The zero-order chi connectivity index (χ0) is 18.8. The zero-order valence-corrected chi connectivity index (χ0v) is 15.7. The summed E-state index contributed by atoms with van der Waals surface area (Å²) >= 11 is 0. The molecule has 6 heteroatoms. The predicted molar refractivity (Wildman–Crippen MR) is 103 cm³/mol. The van der Waals surface area contributed by atoms with Gasteiger partial charge < -0.3 is 4.90 Å². The summed E-state index contributed by atoms with van der Waals surface area (Å²) in [5.41, 5.74) is 4.62. The Morgan fingerprint density at radius 2 is 1.96 bits per heavy atom. The van der Waals surface area contributed by atoms with Gasteiger partial charge in [-0.3, -0.25) is 4.79 Å². The van der Waals surface area contributed by atoms with Crippen LogP contribution in [0.4, 0.5) is 0 Å². The molecule has 0 saturated heterocycles. The number of nitrogens with zero attached hydrogens (tertiary/aromatic N) is 5. The first-order chi connectivity index (χ1) is 13.1. The summed E-state index contributed by atoms with van der Waals surface area (Å²) in [6, 6.07) is 16.4. The van der Waals surface area contributed by atoms with Gasteiger partial charge in [-0.15, -0.1) is 10.2 Å². The maximum absolute atomic E-state index is 12.8. The van der Waals surface area contributed by atoms with Crippen molar-refractivity contribution >= 4 is 5.91 Å². The first kappa shape index (κ1) is 17.4. The second-order valence-corrected chi connectivity index (χ2v) is 7.07. The van der Waals surface area contributed by atoms with E-state index in [1.165, 1.54) is 15.9 Å². The lowest BCUT2D eigenvalue weighted by atomic mass is 9.87. The van der Waals surface area contributed by atoms with Crippen molar-refractivity contribution in [1.29, 1.82) is 0 Å². The van der Waals surface area contributed by atoms with Crippen LogP contribution in [0.5, 0.6) is 0 Å². The third-order valence-corrected chi connectivity index (χ3v) is 5.31. The quantitative estimate of drug-likeness (QED) is 0.716. The lowest BCUT2D eigenvalue weighted by Crippen LogP contribution is -2.36. The van der Waals surface area contributed by atoms with Gasteiger partial charge in [0.1, 0.15) is 6.54 Å². The van der Waals surface area contributed by atoms with Gasteiger partial charge in [-0.1, -0.05) is 48.5 Å². The fraction of sp³-hybridized carbons (Fsp3) is 0.333. The minimum Gasteiger partial charge on any atom is -0.337 e. The van der Waals surface area contributed by atoms with Crippen LogP contribution in [0.15, 0.2) is 48.5 Å². The van der Waals surface area contributed by atoms with Gasteiger partial charge in [-0.2, -0.15) is 4.80 Å². The summed E-state index contributed by atoms with van der Waals surface area (Å²) < 4.78 is 0. The molecule has 1 aliphatic rings. The van der Waals surface area contributed by atoms with E-state index in [-0.39, 0.29) is 18.5 Å². The van der Waals surface area contributed by atoms with E-state index in [4.69, 9.17) is 0 Å². The monoisotopic (exact) mass is 361 g/mol. The van der Waals surface area contributed by atoms with Gasteiger partial charge in [-0.25, -0.2) is 0 Å². The van der Waals surface area contributed by atoms with Crippen molar-refractivity contribution in [2.45, 2.75) is 38.8 Å². The molecule has 0 spiro atoms. The number of hydrogen-bond donors (Lipinski definition) is 0. The second-order valence-electron chi connectivity index (χ2n) is 7.07. The average Bonchev–Trinajstić information content (AvgIpc) is 3.15. The average molecular weight is 361 g/mol. The third-order valence-electron chi connectivity index (χ3n) is 5.31. The van der Waals surface area contributed by atoms with Crippen molar-refractivity contribution in [1.82, 2.24) is 25.1 Å². The molecule has 3 aromatic rings. The Kier molecular flexibility index (Phi) is 4.71. The smallest absolute Gasteiger partial charge is 0.246 e. The zero-order valence-electron chi connectivity index (χ0n) is 15.7. The molecule has 1 atom stereocenters. The number of likely N-dealkylation sites (N-methyl/N-ethyl adjacent to an activating group) is 1. The van der Waals surface area contributed by atoms with Gasteiger partial charge in [-0.05, 0) is 48.1 Å². The summed E-state index contributed by atoms with van der Waals surface area (Å²) in [6.45, 7) is 2.10. The summed E-state index contributed by atoms with van der Waals surface area (Å²) in [5.74, 6) is 0.539. The molecule has 0 bridgehead atoms. The standard InChI is InChI=1S/C21H23N5O/c1-15-8-3-5-11-17(15)21-22-24-26(23-21)14-20(27)25(2)19-13-7-10-16-9-4-6-12-18(16)19/h3-6,8-9,11-12,19H,7,10,13-14H2,1-2H3. The third kappa shape index (κ3) is 3.47. The van der Waals surface area contributed by atoms with Crippen LogP contribution < -0.4 is 0 Å². The maximum Gasteiger partial charge on any atom is 0.246 e. The number of carbonyl (C=O) groups is 1. The number of benzene rings is 2. The Balaban J connectivity index is 1.50. The fourth-order valence-corrected chi connectivity index (χ4v) is 3.78. The van der Waals surface area contributed by atoms with Gasteiger partial charge in [0.05, 0.1) is 6.04 Å². The number of tetrazole rings is 1. The summed E-state index contributed by atoms with van der Waals surface area (Å²) in [5, 5.41) is 12.6. The summed E-state index contributed by atoms with van der Waals surface area (Å²) in [6.07, 6.45) is 3.16. The highest BCUT2D eigenvalue weighted by molar-refractivity contribution is 5.76. The van der Waals surface area contributed by atoms with Crippen molar-refractivity contribution < 1.29 is 4.79 Å². The van der Waals surface area contributed by atoms with Crippen LogP contribution in [0.25, 0.3) is 11.4 Å². The van der Waals surface area contributed by atoms with Gasteiger partial charge in [0.15, 0.2) is 0 Å². The summed E-state index contributed by atoms with van der Waals surface area (Å²) in [7, 11) is 1.87. The Morgan fingerprint density at radius 3 is 2.81 bits per heavy atom. The Labute approximate surface area is 158 Å². The van der Waals surface area contributed by atoms with E-state index in [2.05, 4.69) is 33.6 Å². The van der Waals surface area contributed by atoms with E-state index in [0.29, 0.717) is 5.82 Å². The molecule has 138 valence electrons. The second kappa shape index (κ2) is 7.31. The van der Waals surface area contributed by atoms with E-state index in [9.17, 15) is 4.79 Å². The first-order valence-electron chi connectivity index (χ1n) is 9.31. The summed E-state index contributed by atoms with van der Waals surface area (Å²) in [4.78, 5) is 16.0. The SMILES string of the molecule is Cc1ccccc1-c1nnn(CC(=O)N(C)C2CCCc3ccccc32)n1. The normalized spacial score (nSPS) is 16.0. The molecule has 1 unspecified atom stereocenters. The minimum absolute atomic E-state index is 0.00885. The van der Waals surface area contributed by atoms with Crippen LogP contribution in [0, 0.1) is 6.92 Å². The molecule has 1 amide bonds. The van der Waals surface area contributed by atoms with Gasteiger partial charge >= 0.3 is 0 Å². The number of aromatic nitrogens is 4. The molecule has 0 N–H and O–H groups in total. The van der Waals surface area contributed by atoms with Gasteiger partial charge in [0.2, 0.25) is 11.7 Å². The van der Waals surface area contributed by atoms with Crippen LogP contribution in [-0.4, -0.2) is 38.1 Å². The van der Waals surface area contributed by atoms with Crippen molar-refractivity contribution in [3.63, 3.8) is 0 Å². The Morgan fingerprint density at radius 1 is 1.19 bits per heavy atom. The molecule has 1 heterocycles. The molecule has 6 nitrogen and oxygen atoms in total. The van der Waals surface area contributed by atoms with Gasteiger partial charge in [0.25, 0.3) is 0 Å². The van der Waals surface area contributed by atoms with Gasteiger partial charge in [0, 0.05) is 12.6 Å². The first-order valence-corrected chi connectivity index (χ1v) is 9.31. The lowest BCUT2D eigenvalue weighted by Gasteiger charge is -2.33. The number of rotatable bonds is 4. The van der Waals surface area contributed by atoms with E-state index in [1.54, 1.807) is 0 Å². The highest BCUT2D eigenvalue weighted by Gasteiger charge is 2.27. The number of amides is 1. The maximum atomic E-state index is 12.8.